The van der Waals surface area contributed by atoms with Crippen LogP contribution >= 0.6 is 0 Å². The smallest absolute Gasteiger partial charge is 0.553 e. The molecule has 0 fully saturated rings. The van der Waals surface area contributed by atoms with E-state index in [2.05, 4.69) is 24.7 Å². The molecule has 0 saturated carbocycles. The van der Waals surface area contributed by atoms with Gasteiger partial charge >= 0.3 is 29.6 Å². The third-order valence-corrected chi connectivity index (χ3v) is 13.5. The Kier molecular flexibility index (Phi) is 21.1. The van der Waals surface area contributed by atoms with Crippen LogP contribution in [0.2, 0.25) is 0 Å². The fourth-order valence-corrected chi connectivity index (χ4v) is 10.4. The molecule has 0 amide bonds. The first-order chi connectivity index (χ1) is 27.8. The van der Waals surface area contributed by atoms with Crippen molar-refractivity contribution >= 4 is 63.5 Å². The van der Waals surface area contributed by atoms with Crippen LogP contribution in [0.5, 0.6) is 23.0 Å². The first-order valence-electron chi connectivity index (χ1n) is 17.7. The van der Waals surface area contributed by atoms with E-state index < -0.39 is 30.1 Å². The van der Waals surface area contributed by atoms with Crippen molar-refractivity contribution in [3.63, 3.8) is 0 Å². The van der Waals surface area contributed by atoms with Gasteiger partial charge in [0.2, 0.25) is 30.1 Å². The van der Waals surface area contributed by atoms with Gasteiger partial charge in [-0.2, -0.15) is 3.71 Å². The van der Waals surface area contributed by atoms with Gasteiger partial charge in [0.1, 0.15) is 23.0 Å². The normalized spacial score (nSPS) is 11.0. The molecule has 2 aromatic heterocycles. The summed E-state index contributed by atoms with van der Waals surface area (Å²) < 4.78 is 89.5. The number of fused-ring (bicyclic) bond motifs is 2. The van der Waals surface area contributed by atoms with E-state index in [4.69, 9.17) is 25.7 Å². The second-order valence-corrected chi connectivity index (χ2v) is 17.8. The molecule has 0 saturated heterocycles. The van der Waals surface area contributed by atoms with E-state index in [1.807, 2.05) is 13.0 Å². The van der Waals surface area contributed by atoms with Gasteiger partial charge in [-0.1, -0.05) is 32.9 Å². The Morgan fingerprint density at radius 1 is 0.559 bits per heavy atom. The number of nitrogens with one attached hydrogen (secondary N) is 2. The second-order valence-electron chi connectivity index (χ2n) is 11.9. The zero-order valence-electron chi connectivity index (χ0n) is 33.3. The van der Waals surface area contributed by atoms with Crippen LogP contribution in [-0.2, 0) is 30.1 Å². The number of aromatic nitrogens is 4. The molecule has 312 valence electrons. The zero-order valence-corrected chi connectivity index (χ0v) is 37.7. The van der Waals surface area contributed by atoms with Crippen molar-refractivity contribution in [2.75, 3.05) is 32.8 Å². The number of anilines is 2. The number of nitrogens with zero attached hydrogens (tertiary/aromatic N) is 5. The summed E-state index contributed by atoms with van der Waals surface area (Å²) in [7, 11) is -10.4. The van der Waals surface area contributed by atoms with Crippen LogP contribution in [0.25, 0.3) is 28.0 Å². The van der Waals surface area contributed by atoms with Gasteiger partial charge in [-0.05, 0) is 67.8 Å². The Labute approximate surface area is 367 Å². The Morgan fingerprint density at radius 2 is 0.966 bits per heavy atom. The van der Waals surface area contributed by atoms with Crippen molar-refractivity contribution in [2.45, 2.75) is 40.0 Å². The summed E-state index contributed by atoms with van der Waals surface area (Å²) >= 11 is 0. The van der Waals surface area contributed by atoms with E-state index in [-0.39, 0.29) is 52.5 Å². The molecule has 0 spiro atoms. The molecule has 0 aliphatic heterocycles. The van der Waals surface area contributed by atoms with E-state index in [9.17, 15) is 25.3 Å². The van der Waals surface area contributed by atoms with Gasteiger partial charge in [0, 0.05) is 56.2 Å². The minimum Gasteiger partial charge on any atom is -0.553 e. The molecule has 0 aliphatic rings. The van der Waals surface area contributed by atoms with E-state index in [1.54, 1.807) is 105 Å². The SMILES string of the molecule is CCCS(=O)(=O)N(c1cccc(Oc2ccc3nccnc3c2)c1)S(=O)(=O)CCC.CCCS(=O)(=O)Nc1cccc(Oc2ccc3nccnc3c2)c1.CO.[NH-]O.[Na+]. The first kappa shape index (κ1) is 50.6. The van der Waals surface area contributed by atoms with E-state index in [0.717, 1.165) is 18.1 Å². The van der Waals surface area contributed by atoms with Crippen LogP contribution in [0.3, 0.4) is 0 Å². The summed E-state index contributed by atoms with van der Waals surface area (Å²) in [5.74, 6) is 6.21. The third kappa shape index (κ3) is 15.2. The monoisotopic (exact) mass is 879 g/mol. The number of benzene rings is 4. The first-order valence-corrected chi connectivity index (χ1v) is 22.6. The molecule has 59 heavy (non-hydrogen) atoms. The average molecular weight is 880 g/mol. The Bertz CT molecular complexity index is 2540. The van der Waals surface area contributed by atoms with Crippen LogP contribution in [0.15, 0.2) is 110 Å². The molecule has 17 nitrogen and oxygen atoms in total. The third-order valence-electron chi connectivity index (χ3n) is 7.39. The van der Waals surface area contributed by atoms with Crippen molar-refractivity contribution in [3.8, 4) is 23.0 Å². The fraction of sp³-hybridized carbons (Fsp3) is 0.263. The Balaban J connectivity index is 0.000000376. The standard InChI is InChI=1S/C20H23N3O5S2.C17H17N3O3S.CH4O.H2NO.Na/c1-3-12-29(24,25)23(30(26,27)13-4-2)16-6-5-7-17(14-16)28-18-8-9-19-20(15-18)22-11-10-21-19;1-2-10-24(21,22)20-13-4-3-5-14(11-13)23-15-6-7-16-17(12-15)19-9-8-18-16;2*1-2;/h5-11,14-15H,3-4,12-13H2,1-2H3;3-9,11-12,20H,2,10H2,1H3;2H,1H3;1-2H;/q;;;-1;+1. The summed E-state index contributed by atoms with van der Waals surface area (Å²) in [6.45, 7) is 5.19. The number of sulfonamides is 3. The molecule has 6 aromatic rings. The predicted octanol–water partition coefficient (Wildman–Crippen LogP) is 4.32. The molecule has 0 aliphatic carbocycles. The Morgan fingerprint density at radius 3 is 1.42 bits per heavy atom. The quantitative estimate of drug-likeness (QED) is 0.0960. The molecule has 0 atom stereocenters. The van der Waals surface area contributed by atoms with Crippen molar-refractivity contribution in [1.29, 1.82) is 0 Å². The van der Waals surface area contributed by atoms with Gasteiger partial charge in [0.25, 0.3) is 0 Å². The van der Waals surface area contributed by atoms with Gasteiger partial charge in [0.15, 0.2) is 0 Å². The summed E-state index contributed by atoms with van der Waals surface area (Å²) in [5, 5.41) is 13.2. The predicted molar refractivity (Wildman–Crippen MR) is 225 cm³/mol. The summed E-state index contributed by atoms with van der Waals surface area (Å²) in [4.78, 5) is 16.9. The van der Waals surface area contributed by atoms with Crippen LogP contribution in [0.1, 0.15) is 40.0 Å². The fourth-order valence-electron chi connectivity index (χ4n) is 5.24. The molecule has 4 aromatic carbocycles. The molecule has 0 unspecified atom stereocenters. The molecule has 2 heterocycles. The number of hydrogen-bond donors (Lipinski definition) is 3. The molecule has 6 rings (SSSR count). The number of ether oxygens (including phenoxy) is 2. The van der Waals surface area contributed by atoms with Gasteiger partial charge < -0.3 is 25.7 Å². The molecule has 0 radical (unpaired) electrons. The van der Waals surface area contributed by atoms with E-state index in [1.165, 1.54) is 12.1 Å². The molecular formula is C38H46N7NaO10S3. The summed E-state index contributed by atoms with van der Waals surface area (Å²) in [5.41, 5.74) is 3.36. The average Bonchev–Trinajstić information content (AvgIpc) is 3.19. The van der Waals surface area contributed by atoms with Gasteiger partial charge in [-0.25, -0.2) is 25.3 Å². The van der Waals surface area contributed by atoms with Crippen molar-refractivity contribution < 1.29 is 74.6 Å². The number of hydrogen-bond acceptors (Lipinski definition) is 14. The number of aliphatic hydroxyl groups is 1. The summed E-state index contributed by atoms with van der Waals surface area (Å²) in [6, 6.07) is 23.4. The van der Waals surface area contributed by atoms with Gasteiger partial charge in [-0.3, -0.25) is 24.7 Å². The molecular weight excluding hydrogens is 834 g/mol. The van der Waals surface area contributed by atoms with Crippen molar-refractivity contribution in [2.24, 2.45) is 0 Å². The second kappa shape index (κ2) is 24.5. The van der Waals surface area contributed by atoms with Crippen LogP contribution in [0.4, 0.5) is 11.4 Å². The number of rotatable bonds is 15. The molecule has 0 bridgehead atoms. The topological polar surface area (TPSA) is 252 Å². The van der Waals surface area contributed by atoms with Gasteiger partial charge in [0.05, 0.1) is 50.7 Å². The van der Waals surface area contributed by atoms with E-state index in [0.29, 0.717) is 62.7 Å². The maximum atomic E-state index is 12.8. The minimum atomic E-state index is -4.05. The molecule has 4 N–H and O–H groups in total. The largest absolute Gasteiger partial charge is 1.00 e. The van der Waals surface area contributed by atoms with Crippen LogP contribution in [0, 0.1) is 0 Å². The minimum absolute atomic E-state index is 0. The maximum Gasteiger partial charge on any atom is 1.00 e. The maximum absolute atomic E-state index is 12.8. The van der Waals surface area contributed by atoms with Gasteiger partial charge in [-0.15, -0.1) is 0 Å². The van der Waals surface area contributed by atoms with Crippen LogP contribution in [-0.4, -0.2) is 79.9 Å². The number of aliphatic hydroxyl groups excluding tert-OH is 1. The van der Waals surface area contributed by atoms with Crippen molar-refractivity contribution in [3.05, 3.63) is 116 Å². The Hall–Kier alpha value is -4.51. The molecule has 21 heteroatoms. The van der Waals surface area contributed by atoms with Crippen LogP contribution < -0.4 is 47.5 Å². The summed E-state index contributed by atoms with van der Waals surface area (Å²) in [6.07, 6.45) is 7.58. The zero-order chi connectivity index (χ0) is 42.8. The van der Waals surface area contributed by atoms with E-state index >= 15 is 0 Å². The van der Waals surface area contributed by atoms with Crippen molar-refractivity contribution in [1.82, 2.24) is 19.9 Å².